The van der Waals surface area contributed by atoms with Gasteiger partial charge >= 0.3 is 0 Å². The van der Waals surface area contributed by atoms with Gasteiger partial charge in [0.25, 0.3) is 0 Å². The van der Waals surface area contributed by atoms with Crippen LogP contribution < -0.4 is 0 Å². The maximum atomic E-state index is 10.4. The van der Waals surface area contributed by atoms with Crippen molar-refractivity contribution < 1.29 is 10.2 Å². The van der Waals surface area contributed by atoms with E-state index in [9.17, 15) is 10.2 Å². The second-order valence-electron chi connectivity index (χ2n) is 4.90. The standard InChI is InChI=1S/C14H15BrO2/c15-8-5-6-11-12(7-8)14(17)10-4-2-1-3-9(10)13(11)16/h1-6,8,11-14,16-17H,7H2. The first-order valence-electron chi connectivity index (χ1n) is 5.96. The number of allylic oxidation sites excluding steroid dienone is 1. The van der Waals surface area contributed by atoms with Crippen molar-refractivity contribution in [1.82, 2.24) is 0 Å². The molecule has 0 saturated heterocycles. The maximum absolute atomic E-state index is 10.4. The predicted molar refractivity (Wildman–Crippen MR) is 69.8 cm³/mol. The van der Waals surface area contributed by atoms with Gasteiger partial charge in [-0.05, 0) is 23.5 Å². The summed E-state index contributed by atoms with van der Waals surface area (Å²) in [6.07, 6.45) is 4.02. The SMILES string of the molecule is OC1c2ccccc2C(O)C2CC(Br)C=CC12. The van der Waals surface area contributed by atoms with Crippen molar-refractivity contribution in [1.29, 1.82) is 0 Å². The summed E-state index contributed by atoms with van der Waals surface area (Å²) in [4.78, 5) is 0.302. The molecule has 1 aromatic carbocycles. The Hall–Kier alpha value is -0.640. The molecule has 5 atom stereocenters. The predicted octanol–water partition coefficient (Wildman–Crippen LogP) is 2.72. The van der Waals surface area contributed by atoms with Crippen molar-refractivity contribution in [2.45, 2.75) is 23.5 Å². The molecule has 3 heteroatoms. The molecule has 0 heterocycles. The first-order chi connectivity index (χ1) is 8.18. The zero-order valence-electron chi connectivity index (χ0n) is 9.33. The molecule has 2 N–H and O–H groups in total. The molecule has 90 valence electrons. The number of benzene rings is 1. The van der Waals surface area contributed by atoms with Gasteiger partial charge < -0.3 is 10.2 Å². The summed E-state index contributed by atoms with van der Waals surface area (Å²) in [5.74, 6) is 0.142. The van der Waals surface area contributed by atoms with Crippen LogP contribution in [-0.2, 0) is 0 Å². The third-order valence-corrected chi connectivity index (χ3v) is 4.62. The Morgan fingerprint density at radius 3 is 2.35 bits per heavy atom. The lowest BCUT2D eigenvalue weighted by molar-refractivity contribution is -0.00175. The lowest BCUT2D eigenvalue weighted by atomic mass is 9.68. The van der Waals surface area contributed by atoms with Gasteiger partial charge in [-0.1, -0.05) is 52.3 Å². The summed E-state index contributed by atoms with van der Waals surface area (Å²) in [7, 11) is 0. The van der Waals surface area contributed by atoms with Crippen LogP contribution in [0, 0.1) is 11.8 Å². The number of hydrogen-bond acceptors (Lipinski definition) is 2. The van der Waals surface area contributed by atoms with Crippen LogP contribution in [0.2, 0.25) is 0 Å². The number of hydrogen-bond donors (Lipinski definition) is 2. The van der Waals surface area contributed by atoms with Crippen LogP contribution >= 0.6 is 15.9 Å². The summed E-state index contributed by atoms with van der Waals surface area (Å²) in [5.41, 5.74) is 1.76. The minimum absolute atomic E-state index is 0.0358. The monoisotopic (exact) mass is 294 g/mol. The third kappa shape index (κ3) is 1.77. The Morgan fingerprint density at radius 1 is 1.00 bits per heavy atom. The van der Waals surface area contributed by atoms with Crippen LogP contribution in [0.25, 0.3) is 0 Å². The van der Waals surface area contributed by atoms with E-state index in [1.807, 2.05) is 30.3 Å². The average molecular weight is 295 g/mol. The highest BCUT2D eigenvalue weighted by Gasteiger charge is 2.41. The Kier molecular flexibility index (Phi) is 2.85. The number of fused-ring (bicyclic) bond motifs is 2. The zero-order chi connectivity index (χ0) is 12.0. The fourth-order valence-electron chi connectivity index (χ4n) is 3.05. The Labute approximate surface area is 109 Å². The van der Waals surface area contributed by atoms with E-state index in [-0.39, 0.29) is 11.8 Å². The fourth-order valence-corrected chi connectivity index (χ4v) is 3.66. The molecule has 5 unspecified atom stereocenters. The molecular weight excluding hydrogens is 280 g/mol. The van der Waals surface area contributed by atoms with Gasteiger partial charge in [-0.25, -0.2) is 0 Å². The number of aliphatic hydroxyl groups excluding tert-OH is 2. The second kappa shape index (κ2) is 4.23. The van der Waals surface area contributed by atoms with Crippen LogP contribution in [0.5, 0.6) is 0 Å². The van der Waals surface area contributed by atoms with Gasteiger partial charge in [0.05, 0.1) is 12.2 Å². The quantitative estimate of drug-likeness (QED) is 0.571. The van der Waals surface area contributed by atoms with E-state index < -0.39 is 12.2 Å². The lowest BCUT2D eigenvalue weighted by Crippen LogP contribution is -2.35. The van der Waals surface area contributed by atoms with Gasteiger partial charge in [0.1, 0.15) is 0 Å². The van der Waals surface area contributed by atoms with Gasteiger partial charge in [0, 0.05) is 10.7 Å². The molecule has 1 aromatic rings. The maximum Gasteiger partial charge on any atom is 0.0859 e. The van der Waals surface area contributed by atoms with Gasteiger partial charge in [0.15, 0.2) is 0 Å². The van der Waals surface area contributed by atoms with Gasteiger partial charge in [-0.15, -0.1) is 0 Å². The van der Waals surface area contributed by atoms with Gasteiger partial charge in [-0.2, -0.15) is 0 Å². The van der Waals surface area contributed by atoms with E-state index in [1.165, 1.54) is 0 Å². The summed E-state index contributed by atoms with van der Waals surface area (Å²) in [5, 5.41) is 20.8. The summed E-state index contributed by atoms with van der Waals surface area (Å²) in [6, 6.07) is 7.66. The van der Waals surface area contributed by atoms with E-state index >= 15 is 0 Å². The van der Waals surface area contributed by atoms with E-state index in [4.69, 9.17) is 0 Å². The Bertz CT molecular complexity index is 457. The molecule has 0 amide bonds. The normalized spacial score (nSPS) is 39.6. The van der Waals surface area contributed by atoms with Gasteiger partial charge in [-0.3, -0.25) is 0 Å². The van der Waals surface area contributed by atoms with Crippen molar-refractivity contribution in [3.05, 3.63) is 47.5 Å². The molecule has 2 aliphatic rings. The number of halogens is 1. The molecule has 0 bridgehead atoms. The molecule has 17 heavy (non-hydrogen) atoms. The van der Waals surface area contributed by atoms with Crippen molar-refractivity contribution in [2.75, 3.05) is 0 Å². The highest BCUT2D eigenvalue weighted by Crippen LogP contribution is 2.48. The lowest BCUT2D eigenvalue weighted by Gasteiger charge is -2.41. The van der Waals surface area contributed by atoms with Crippen LogP contribution in [0.4, 0.5) is 0 Å². The van der Waals surface area contributed by atoms with Crippen molar-refractivity contribution in [2.24, 2.45) is 11.8 Å². The van der Waals surface area contributed by atoms with E-state index in [0.717, 1.165) is 17.5 Å². The highest BCUT2D eigenvalue weighted by molar-refractivity contribution is 9.09. The van der Waals surface area contributed by atoms with Gasteiger partial charge in [0.2, 0.25) is 0 Å². The minimum atomic E-state index is -0.490. The number of rotatable bonds is 0. The third-order valence-electron chi connectivity index (χ3n) is 3.94. The average Bonchev–Trinajstić information content (AvgIpc) is 2.36. The zero-order valence-corrected chi connectivity index (χ0v) is 10.9. The highest BCUT2D eigenvalue weighted by atomic mass is 79.9. The first kappa shape index (κ1) is 11.5. The topological polar surface area (TPSA) is 40.5 Å². The first-order valence-corrected chi connectivity index (χ1v) is 6.87. The molecule has 0 saturated carbocycles. The minimum Gasteiger partial charge on any atom is -0.388 e. The van der Waals surface area contributed by atoms with E-state index in [2.05, 4.69) is 22.0 Å². The largest absolute Gasteiger partial charge is 0.388 e. The van der Waals surface area contributed by atoms with Crippen molar-refractivity contribution in [3.8, 4) is 0 Å². The van der Waals surface area contributed by atoms with Crippen LogP contribution in [0.15, 0.2) is 36.4 Å². The fraction of sp³-hybridized carbons (Fsp3) is 0.429. The van der Waals surface area contributed by atoms with E-state index in [1.54, 1.807) is 0 Å². The Balaban J connectivity index is 2.07. The van der Waals surface area contributed by atoms with Crippen molar-refractivity contribution >= 4 is 15.9 Å². The smallest absolute Gasteiger partial charge is 0.0859 e. The molecular formula is C14H15BrO2. The van der Waals surface area contributed by atoms with Crippen LogP contribution in [0.3, 0.4) is 0 Å². The van der Waals surface area contributed by atoms with Crippen molar-refractivity contribution in [3.63, 3.8) is 0 Å². The Morgan fingerprint density at radius 2 is 1.65 bits per heavy atom. The van der Waals surface area contributed by atoms with Crippen LogP contribution in [0.1, 0.15) is 29.8 Å². The second-order valence-corrected chi connectivity index (χ2v) is 6.07. The molecule has 0 radical (unpaired) electrons. The molecule has 0 spiro atoms. The molecule has 2 aliphatic carbocycles. The molecule has 3 rings (SSSR count). The molecule has 2 nitrogen and oxygen atoms in total. The molecule has 0 fully saturated rings. The van der Waals surface area contributed by atoms with Crippen LogP contribution in [-0.4, -0.2) is 15.0 Å². The number of aliphatic hydroxyl groups is 2. The molecule has 0 aliphatic heterocycles. The summed E-state index contributed by atoms with van der Waals surface area (Å²) in [6.45, 7) is 0. The van der Waals surface area contributed by atoms with E-state index in [0.29, 0.717) is 4.83 Å². The summed E-state index contributed by atoms with van der Waals surface area (Å²) >= 11 is 3.56. The number of alkyl halides is 1. The molecule has 0 aromatic heterocycles. The summed E-state index contributed by atoms with van der Waals surface area (Å²) < 4.78 is 0.